The molecule has 0 saturated heterocycles. The number of carbonyl (C=O) groups excluding carboxylic acids is 1. The van der Waals surface area contributed by atoms with Gasteiger partial charge in [0, 0.05) is 6.20 Å². The molecule has 3 aromatic rings. The molecule has 7 heteroatoms. The van der Waals surface area contributed by atoms with Crippen LogP contribution in [0.25, 0.3) is 0 Å². The van der Waals surface area contributed by atoms with E-state index < -0.39 is 0 Å². The second-order valence-corrected chi connectivity index (χ2v) is 5.76. The first-order chi connectivity index (χ1) is 11.6. The van der Waals surface area contributed by atoms with Gasteiger partial charge in [0.2, 0.25) is 0 Å². The van der Waals surface area contributed by atoms with Crippen molar-refractivity contribution in [2.24, 2.45) is 0 Å². The summed E-state index contributed by atoms with van der Waals surface area (Å²) >= 11 is 12.3. The maximum Gasteiger partial charge on any atom is 0.253 e. The zero-order chi connectivity index (χ0) is 16.9. The van der Waals surface area contributed by atoms with E-state index in [9.17, 15) is 4.79 Å². The maximum absolute atomic E-state index is 12.2. The van der Waals surface area contributed by atoms with Crippen LogP contribution in [-0.2, 0) is 6.54 Å². The van der Waals surface area contributed by atoms with Gasteiger partial charge in [0.1, 0.15) is 5.76 Å². The van der Waals surface area contributed by atoms with Crippen molar-refractivity contribution in [3.8, 4) is 0 Å². The smallest absolute Gasteiger partial charge is 0.253 e. The van der Waals surface area contributed by atoms with Gasteiger partial charge in [0.25, 0.3) is 5.91 Å². The van der Waals surface area contributed by atoms with E-state index in [0.29, 0.717) is 39.3 Å². The van der Waals surface area contributed by atoms with E-state index in [1.807, 2.05) is 0 Å². The average molecular weight is 362 g/mol. The summed E-state index contributed by atoms with van der Waals surface area (Å²) in [5, 5.41) is 6.81. The van der Waals surface area contributed by atoms with Gasteiger partial charge in [0.15, 0.2) is 0 Å². The van der Waals surface area contributed by atoms with Crippen molar-refractivity contribution in [2.45, 2.75) is 6.54 Å². The molecule has 0 aliphatic rings. The van der Waals surface area contributed by atoms with Crippen LogP contribution in [0.3, 0.4) is 0 Å². The number of nitrogens with zero attached hydrogens (tertiary/aromatic N) is 1. The van der Waals surface area contributed by atoms with Crippen molar-refractivity contribution in [1.29, 1.82) is 0 Å². The Labute approximate surface area is 148 Å². The van der Waals surface area contributed by atoms with E-state index in [1.54, 1.807) is 48.9 Å². The summed E-state index contributed by atoms with van der Waals surface area (Å²) in [6.45, 7) is 0.305. The lowest BCUT2D eigenvalue weighted by atomic mass is 10.2. The van der Waals surface area contributed by atoms with E-state index in [4.69, 9.17) is 27.6 Å². The van der Waals surface area contributed by atoms with E-state index >= 15 is 0 Å². The Balaban J connectivity index is 1.73. The molecule has 1 amide bonds. The Hall–Kier alpha value is -2.50. The summed E-state index contributed by atoms with van der Waals surface area (Å²) in [7, 11) is 0. The molecule has 0 unspecified atom stereocenters. The summed E-state index contributed by atoms with van der Waals surface area (Å²) < 4.78 is 5.18. The molecule has 2 heterocycles. The van der Waals surface area contributed by atoms with Crippen LogP contribution in [0.5, 0.6) is 0 Å². The van der Waals surface area contributed by atoms with Crippen LogP contribution in [0.1, 0.15) is 16.1 Å². The van der Waals surface area contributed by atoms with Crippen molar-refractivity contribution in [2.75, 3.05) is 5.32 Å². The fourth-order valence-electron chi connectivity index (χ4n) is 2.08. The van der Waals surface area contributed by atoms with E-state index in [-0.39, 0.29) is 5.91 Å². The monoisotopic (exact) mass is 361 g/mol. The number of hydrogen-bond donors (Lipinski definition) is 2. The number of benzene rings is 1. The lowest BCUT2D eigenvalue weighted by Gasteiger charge is -2.11. The molecular weight excluding hydrogens is 349 g/mol. The molecule has 24 heavy (non-hydrogen) atoms. The Bertz CT molecular complexity index is 831. The molecule has 5 nitrogen and oxygen atoms in total. The number of amides is 1. The van der Waals surface area contributed by atoms with Crippen molar-refractivity contribution in [1.82, 2.24) is 10.3 Å². The fraction of sp³-hybridized carbons (Fsp3) is 0.0588. The van der Waals surface area contributed by atoms with Crippen LogP contribution >= 0.6 is 23.2 Å². The molecule has 1 aromatic carbocycles. The van der Waals surface area contributed by atoms with E-state index in [0.717, 1.165) is 0 Å². The number of furan rings is 1. The van der Waals surface area contributed by atoms with Gasteiger partial charge in [0.05, 0.1) is 46.0 Å². The lowest BCUT2D eigenvalue weighted by molar-refractivity contribution is 0.0947. The Morgan fingerprint density at radius 2 is 1.92 bits per heavy atom. The number of hydrogen-bond acceptors (Lipinski definition) is 4. The topological polar surface area (TPSA) is 67.2 Å². The highest BCUT2D eigenvalue weighted by atomic mass is 35.5. The highest BCUT2D eigenvalue weighted by Gasteiger charge is 2.10. The predicted octanol–water partition coefficient (Wildman–Crippen LogP) is 4.66. The van der Waals surface area contributed by atoms with Crippen LogP contribution in [-0.4, -0.2) is 10.9 Å². The van der Waals surface area contributed by atoms with Gasteiger partial charge in [-0.25, -0.2) is 0 Å². The Morgan fingerprint density at radius 3 is 2.62 bits per heavy atom. The Kier molecular flexibility index (Phi) is 5.03. The van der Waals surface area contributed by atoms with E-state index in [2.05, 4.69) is 15.6 Å². The highest BCUT2D eigenvalue weighted by molar-refractivity contribution is 6.39. The number of para-hydroxylation sites is 1. The van der Waals surface area contributed by atoms with E-state index in [1.165, 1.54) is 6.20 Å². The molecular formula is C17H13Cl2N3O2. The van der Waals surface area contributed by atoms with Gasteiger partial charge in [-0.05, 0) is 30.3 Å². The molecule has 3 rings (SSSR count). The van der Waals surface area contributed by atoms with Crippen molar-refractivity contribution >= 4 is 40.5 Å². The quantitative estimate of drug-likeness (QED) is 0.693. The molecule has 0 fully saturated rings. The average Bonchev–Trinajstić information content (AvgIpc) is 3.10. The molecule has 0 aliphatic carbocycles. The molecule has 2 N–H and O–H groups in total. The van der Waals surface area contributed by atoms with Crippen LogP contribution in [0.2, 0.25) is 10.0 Å². The molecule has 0 radical (unpaired) electrons. The maximum atomic E-state index is 12.2. The number of halogens is 2. The van der Waals surface area contributed by atoms with Gasteiger partial charge < -0.3 is 15.1 Å². The zero-order valence-corrected chi connectivity index (χ0v) is 13.9. The summed E-state index contributed by atoms with van der Waals surface area (Å²) in [4.78, 5) is 16.3. The second kappa shape index (κ2) is 7.38. The number of aromatic nitrogens is 1. The van der Waals surface area contributed by atoms with Crippen LogP contribution in [0.15, 0.2) is 59.5 Å². The largest absolute Gasteiger partial charge is 0.467 e. The Morgan fingerprint density at radius 1 is 1.12 bits per heavy atom. The molecule has 122 valence electrons. The summed E-state index contributed by atoms with van der Waals surface area (Å²) in [5.41, 5.74) is 1.58. The molecule has 0 bridgehead atoms. The number of carbonyl (C=O) groups is 1. The standard InChI is InChI=1S/C17H13Cl2N3O2/c18-14-4-1-5-15(19)16(14)22-12-7-11(8-20-9-12)17(23)21-10-13-3-2-6-24-13/h1-9,22H,10H2,(H,21,23). The molecule has 0 atom stereocenters. The van der Waals surface area contributed by atoms with Gasteiger partial charge in [-0.2, -0.15) is 0 Å². The van der Waals surface area contributed by atoms with Crippen LogP contribution in [0.4, 0.5) is 11.4 Å². The van der Waals surface area contributed by atoms with Crippen molar-refractivity contribution < 1.29 is 9.21 Å². The third-order valence-electron chi connectivity index (χ3n) is 3.24. The summed E-state index contributed by atoms with van der Waals surface area (Å²) in [6, 6.07) is 10.4. The number of anilines is 2. The normalized spacial score (nSPS) is 10.4. The third-order valence-corrected chi connectivity index (χ3v) is 3.87. The second-order valence-electron chi connectivity index (χ2n) is 4.95. The van der Waals surface area contributed by atoms with Crippen LogP contribution < -0.4 is 10.6 Å². The minimum atomic E-state index is -0.257. The highest BCUT2D eigenvalue weighted by Crippen LogP contribution is 2.32. The first kappa shape index (κ1) is 16.4. The van der Waals surface area contributed by atoms with Gasteiger partial charge >= 0.3 is 0 Å². The zero-order valence-electron chi connectivity index (χ0n) is 12.4. The first-order valence-electron chi connectivity index (χ1n) is 7.10. The predicted molar refractivity (Wildman–Crippen MR) is 93.9 cm³/mol. The SMILES string of the molecule is O=C(NCc1ccco1)c1cncc(Nc2c(Cl)cccc2Cl)c1. The van der Waals surface area contributed by atoms with Crippen molar-refractivity contribution in [3.05, 3.63) is 76.4 Å². The number of pyridine rings is 1. The van der Waals surface area contributed by atoms with Crippen molar-refractivity contribution in [3.63, 3.8) is 0 Å². The molecule has 2 aromatic heterocycles. The minimum Gasteiger partial charge on any atom is -0.467 e. The summed E-state index contributed by atoms with van der Waals surface area (Å²) in [5.74, 6) is 0.418. The lowest BCUT2D eigenvalue weighted by Crippen LogP contribution is -2.22. The fourth-order valence-corrected chi connectivity index (χ4v) is 2.57. The van der Waals surface area contributed by atoms with Gasteiger partial charge in [-0.3, -0.25) is 9.78 Å². The molecule has 0 saturated carbocycles. The number of rotatable bonds is 5. The first-order valence-corrected chi connectivity index (χ1v) is 7.86. The molecule has 0 aliphatic heterocycles. The van der Waals surface area contributed by atoms with Gasteiger partial charge in [-0.15, -0.1) is 0 Å². The minimum absolute atomic E-state index is 0.257. The summed E-state index contributed by atoms with van der Waals surface area (Å²) in [6.07, 6.45) is 4.63. The molecule has 0 spiro atoms. The van der Waals surface area contributed by atoms with Gasteiger partial charge in [-0.1, -0.05) is 29.3 Å². The number of nitrogens with one attached hydrogen (secondary N) is 2. The van der Waals surface area contributed by atoms with Crippen LogP contribution in [0, 0.1) is 0 Å². The third kappa shape index (κ3) is 3.88.